The van der Waals surface area contributed by atoms with E-state index in [1.54, 1.807) is 42.5 Å². The molecule has 1 fully saturated rings. The summed E-state index contributed by atoms with van der Waals surface area (Å²) in [5, 5.41) is 0. The summed E-state index contributed by atoms with van der Waals surface area (Å²) < 4.78 is 172. The van der Waals surface area contributed by atoms with Gasteiger partial charge in [-0.25, -0.2) is 0 Å². The maximum atomic E-state index is 14.1. The molecule has 204 valence electrons. The molecule has 3 nitrogen and oxygen atoms in total. The highest BCUT2D eigenvalue weighted by atomic mass is 19.4. The molecule has 0 bridgehead atoms. The van der Waals surface area contributed by atoms with E-state index in [-0.39, 0.29) is 24.5 Å². The van der Waals surface area contributed by atoms with Gasteiger partial charge in [-0.3, -0.25) is 9.69 Å². The smallest absolute Gasteiger partial charge is 0.335 e. The van der Waals surface area contributed by atoms with Crippen molar-refractivity contribution in [1.82, 2.24) is 9.80 Å². The summed E-state index contributed by atoms with van der Waals surface area (Å²) in [5.41, 5.74) is 0.794. The van der Waals surface area contributed by atoms with Gasteiger partial charge >= 0.3 is 35.8 Å². The van der Waals surface area contributed by atoms with Crippen LogP contribution in [0, 0.1) is 0 Å². The van der Waals surface area contributed by atoms with Crippen LogP contribution in [0.5, 0.6) is 0 Å². The Morgan fingerprint density at radius 3 is 1.64 bits per heavy atom. The van der Waals surface area contributed by atoms with Crippen molar-refractivity contribution in [3.8, 4) is 0 Å². The molecule has 0 radical (unpaired) electrons. The summed E-state index contributed by atoms with van der Waals surface area (Å²) >= 11 is 0. The summed E-state index contributed by atoms with van der Waals surface area (Å²) in [5.74, 6) is -41.3. The van der Waals surface area contributed by atoms with Gasteiger partial charge < -0.3 is 4.90 Å². The van der Waals surface area contributed by atoms with Crippen LogP contribution in [0.25, 0.3) is 6.08 Å². The fourth-order valence-electron chi connectivity index (χ4n) is 3.14. The molecular weight excluding hydrogens is 531 g/mol. The molecule has 1 aliphatic rings. The number of amides is 1. The number of hydrogen-bond donors (Lipinski definition) is 0. The van der Waals surface area contributed by atoms with Crippen molar-refractivity contribution in [3.05, 3.63) is 42.0 Å². The Morgan fingerprint density at radius 1 is 0.694 bits per heavy atom. The number of alkyl halides is 13. The Hall–Kier alpha value is -2.52. The van der Waals surface area contributed by atoms with Gasteiger partial charge in [0, 0.05) is 32.7 Å². The summed E-state index contributed by atoms with van der Waals surface area (Å²) in [4.78, 5) is 13.3. The lowest BCUT2D eigenvalue weighted by molar-refractivity contribution is -0.436. The van der Waals surface area contributed by atoms with Crippen LogP contribution < -0.4 is 0 Å². The van der Waals surface area contributed by atoms with Crippen LogP contribution in [0.2, 0.25) is 0 Å². The van der Waals surface area contributed by atoms with Crippen LogP contribution in [-0.2, 0) is 4.79 Å². The maximum absolute atomic E-state index is 14.1. The van der Waals surface area contributed by atoms with Crippen molar-refractivity contribution in [3.63, 3.8) is 0 Å². The zero-order valence-corrected chi connectivity index (χ0v) is 17.8. The van der Waals surface area contributed by atoms with Crippen LogP contribution in [0.4, 0.5) is 57.1 Å². The highest BCUT2D eigenvalue weighted by Gasteiger charge is 2.91. The molecule has 1 aromatic rings. The largest absolute Gasteiger partial charge is 0.460 e. The molecule has 1 amide bonds. The summed E-state index contributed by atoms with van der Waals surface area (Å²) in [6.07, 6.45) is -4.20. The lowest BCUT2D eigenvalue weighted by atomic mass is 9.93. The third-order valence-electron chi connectivity index (χ3n) is 5.33. The molecule has 0 unspecified atom stereocenters. The second kappa shape index (κ2) is 9.74. The number of rotatable bonds is 8. The quantitative estimate of drug-likeness (QED) is 0.396. The molecule has 16 heteroatoms. The zero-order valence-electron chi connectivity index (χ0n) is 17.8. The van der Waals surface area contributed by atoms with Crippen molar-refractivity contribution >= 4 is 12.0 Å². The van der Waals surface area contributed by atoms with Crippen LogP contribution in [0.3, 0.4) is 0 Å². The number of carbonyl (C=O) groups is 1. The Morgan fingerprint density at radius 2 is 1.17 bits per heavy atom. The summed E-state index contributed by atoms with van der Waals surface area (Å²) in [6.45, 7) is -1.88. The molecule has 36 heavy (non-hydrogen) atoms. The van der Waals surface area contributed by atoms with Crippen LogP contribution >= 0.6 is 0 Å². The van der Waals surface area contributed by atoms with Crippen LogP contribution in [0.15, 0.2) is 36.4 Å². The fourth-order valence-corrected chi connectivity index (χ4v) is 3.14. The van der Waals surface area contributed by atoms with E-state index >= 15 is 0 Å². The molecule has 2 rings (SSSR count). The third-order valence-corrected chi connectivity index (χ3v) is 5.33. The molecule has 1 heterocycles. The first-order valence-corrected chi connectivity index (χ1v) is 9.91. The molecule has 0 saturated carbocycles. The topological polar surface area (TPSA) is 23.6 Å². The number of benzene rings is 1. The van der Waals surface area contributed by atoms with Gasteiger partial charge in [0.1, 0.15) is 0 Å². The molecule has 1 aliphatic heterocycles. The Bertz CT molecular complexity index is 937. The number of hydrogen-bond acceptors (Lipinski definition) is 2. The predicted molar refractivity (Wildman–Crippen MR) is 99.3 cm³/mol. The van der Waals surface area contributed by atoms with Gasteiger partial charge in [-0.2, -0.15) is 57.1 Å². The number of halogens is 13. The third kappa shape index (κ3) is 5.00. The standard InChI is InChI=1S/C20H17F13N2O/c21-15(22,16(23,24)17(25,26)18(27,28)19(29,30)20(31,32)33)14(36)35-11-9-34(10-12-35)8-4-7-13-5-2-1-3-6-13/h1-7H,8-12H2. The Balaban J connectivity index is 2.14. The van der Waals surface area contributed by atoms with Crippen molar-refractivity contribution < 1.29 is 61.9 Å². The zero-order chi connectivity index (χ0) is 27.8. The van der Waals surface area contributed by atoms with Crippen molar-refractivity contribution in [2.24, 2.45) is 0 Å². The van der Waals surface area contributed by atoms with Gasteiger partial charge in [-0.05, 0) is 5.56 Å². The van der Waals surface area contributed by atoms with Crippen molar-refractivity contribution in [2.75, 3.05) is 32.7 Å². The van der Waals surface area contributed by atoms with Gasteiger partial charge in [0.25, 0.3) is 5.91 Å². The minimum Gasteiger partial charge on any atom is -0.335 e. The van der Waals surface area contributed by atoms with E-state index < -0.39 is 54.8 Å². The van der Waals surface area contributed by atoms with Gasteiger partial charge in [0.15, 0.2) is 0 Å². The van der Waals surface area contributed by atoms with E-state index in [4.69, 9.17) is 0 Å². The van der Waals surface area contributed by atoms with Crippen LogP contribution in [-0.4, -0.2) is 84.2 Å². The average Bonchev–Trinajstić information content (AvgIpc) is 2.78. The molecule has 0 aromatic heterocycles. The minimum absolute atomic E-state index is 0.0958. The van der Waals surface area contributed by atoms with Crippen molar-refractivity contribution in [1.29, 1.82) is 0 Å². The van der Waals surface area contributed by atoms with E-state index in [0.29, 0.717) is 0 Å². The maximum Gasteiger partial charge on any atom is 0.460 e. The molecular formula is C20H17F13N2O. The minimum atomic E-state index is -8.03. The van der Waals surface area contributed by atoms with Gasteiger partial charge in [-0.15, -0.1) is 0 Å². The number of nitrogens with zero attached hydrogens (tertiary/aromatic N) is 2. The molecule has 1 saturated heterocycles. The highest BCUT2D eigenvalue weighted by molar-refractivity contribution is 5.85. The monoisotopic (exact) mass is 548 g/mol. The molecule has 0 atom stereocenters. The number of piperazine rings is 1. The van der Waals surface area contributed by atoms with E-state index in [9.17, 15) is 61.9 Å². The lowest BCUT2D eigenvalue weighted by Gasteiger charge is -2.41. The van der Waals surface area contributed by atoms with E-state index in [1.807, 2.05) is 0 Å². The second-order valence-corrected chi connectivity index (χ2v) is 7.78. The summed E-state index contributed by atoms with van der Waals surface area (Å²) in [7, 11) is 0. The molecule has 0 N–H and O–H groups in total. The van der Waals surface area contributed by atoms with Crippen molar-refractivity contribution in [2.45, 2.75) is 35.8 Å². The number of carbonyl (C=O) groups excluding carboxylic acids is 1. The second-order valence-electron chi connectivity index (χ2n) is 7.78. The lowest BCUT2D eigenvalue weighted by Crippen LogP contribution is -2.72. The summed E-state index contributed by atoms with van der Waals surface area (Å²) in [6, 6.07) is 8.73. The predicted octanol–water partition coefficient (Wildman–Crippen LogP) is 5.58. The van der Waals surface area contributed by atoms with E-state index in [0.717, 1.165) is 5.56 Å². The van der Waals surface area contributed by atoms with Gasteiger partial charge in [-0.1, -0.05) is 42.5 Å². The molecule has 0 spiro atoms. The van der Waals surface area contributed by atoms with Gasteiger partial charge in [0.05, 0.1) is 0 Å². The van der Waals surface area contributed by atoms with Gasteiger partial charge in [0.2, 0.25) is 0 Å². The fraction of sp³-hybridized carbons (Fsp3) is 0.550. The molecule has 0 aliphatic carbocycles. The van der Waals surface area contributed by atoms with E-state index in [2.05, 4.69) is 0 Å². The van der Waals surface area contributed by atoms with E-state index in [1.165, 1.54) is 4.90 Å². The first-order valence-electron chi connectivity index (χ1n) is 9.91. The first-order chi connectivity index (χ1) is 16.2. The Labute approximate surface area is 195 Å². The molecule has 1 aromatic carbocycles. The average molecular weight is 548 g/mol. The normalized spacial score (nSPS) is 17.6. The highest BCUT2D eigenvalue weighted by Crippen LogP contribution is 2.60. The first kappa shape index (κ1) is 29.7. The SMILES string of the molecule is O=C(N1CCN(CC=Cc2ccccc2)CC1)C(F)(F)C(F)(F)C(F)(F)C(F)(F)C(F)(F)C(F)(F)F. The van der Waals surface area contributed by atoms with Crippen LogP contribution in [0.1, 0.15) is 5.56 Å². The Kier molecular flexibility index (Phi) is 8.04.